The van der Waals surface area contributed by atoms with Gasteiger partial charge in [0.2, 0.25) is 5.91 Å². The van der Waals surface area contributed by atoms with Gasteiger partial charge in [-0.1, -0.05) is 18.2 Å². The zero-order valence-corrected chi connectivity index (χ0v) is 20.0. The molecule has 0 spiro atoms. The van der Waals surface area contributed by atoms with Crippen LogP contribution in [0.15, 0.2) is 47.5 Å². The van der Waals surface area contributed by atoms with Crippen molar-refractivity contribution in [2.24, 2.45) is 4.99 Å². The number of carbonyl (C=O) groups excluding carboxylic acids is 1. The second-order valence-corrected chi connectivity index (χ2v) is 7.06. The van der Waals surface area contributed by atoms with Gasteiger partial charge in [-0.2, -0.15) is 0 Å². The van der Waals surface area contributed by atoms with Crippen molar-refractivity contribution in [3.05, 3.63) is 53.8 Å². The number of rotatable bonds is 6. The lowest BCUT2D eigenvalue weighted by molar-refractivity contribution is -0.127. The highest BCUT2D eigenvalue weighted by Crippen LogP contribution is 2.32. The van der Waals surface area contributed by atoms with Gasteiger partial charge in [-0.3, -0.25) is 4.79 Å². The Balaban J connectivity index is 0.00000341. The third-order valence-electron chi connectivity index (χ3n) is 4.53. The van der Waals surface area contributed by atoms with E-state index in [2.05, 4.69) is 15.6 Å². The van der Waals surface area contributed by atoms with Gasteiger partial charge in [-0.15, -0.1) is 24.0 Å². The lowest BCUT2D eigenvalue weighted by Gasteiger charge is -2.15. The van der Waals surface area contributed by atoms with Crippen molar-refractivity contribution in [1.29, 1.82) is 0 Å². The number of halogens is 2. The molecule has 1 aliphatic rings. The van der Waals surface area contributed by atoms with E-state index in [0.29, 0.717) is 49.2 Å². The van der Waals surface area contributed by atoms with E-state index in [1.807, 2.05) is 18.2 Å². The highest BCUT2D eigenvalue weighted by molar-refractivity contribution is 14.0. The number of hydrogen-bond donors (Lipinski definition) is 2. The zero-order chi connectivity index (χ0) is 21.3. The lowest BCUT2D eigenvalue weighted by atomic mass is 10.1. The van der Waals surface area contributed by atoms with E-state index < -0.39 is 0 Å². The fraction of sp³-hybridized carbons (Fsp3) is 0.364. The molecule has 0 aliphatic carbocycles. The number of likely N-dealkylation sites (N-methyl/N-ethyl adjacent to an activating group) is 1. The van der Waals surface area contributed by atoms with E-state index in [0.717, 1.165) is 12.1 Å². The molecule has 0 saturated carbocycles. The van der Waals surface area contributed by atoms with Crippen molar-refractivity contribution in [2.45, 2.75) is 12.8 Å². The first-order valence-electron chi connectivity index (χ1n) is 9.91. The second-order valence-electron chi connectivity index (χ2n) is 7.06. The monoisotopic (exact) mass is 542 g/mol. The summed E-state index contributed by atoms with van der Waals surface area (Å²) in [5.74, 6) is 1.43. The molecule has 0 atom stereocenters. The summed E-state index contributed by atoms with van der Waals surface area (Å²) in [7, 11) is 3.36. The maximum absolute atomic E-state index is 13.8. The maximum Gasteiger partial charge on any atom is 0.243 e. The van der Waals surface area contributed by atoms with Crippen molar-refractivity contribution < 1.29 is 18.7 Å². The Kier molecular flexibility index (Phi) is 9.83. The Hall–Kier alpha value is -2.56. The third-order valence-corrected chi connectivity index (χ3v) is 4.53. The van der Waals surface area contributed by atoms with E-state index in [1.54, 1.807) is 32.3 Å². The maximum atomic E-state index is 13.8. The number of nitrogens with one attached hydrogen (secondary N) is 2. The standard InChI is InChI=1S/C22H27FN4O3.HI/c1-27(2)21(28)15-25-22(24-11-10-16-6-3-4-7-18(16)23)26-17-8-9-19-20(14-17)30-13-5-12-29-19;/h3-4,6-9,14H,5,10-13,15H2,1-2H3,(H2,24,25,26);1H. The predicted octanol–water partition coefficient (Wildman–Crippen LogP) is 3.29. The molecule has 1 aliphatic heterocycles. The molecule has 0 aromatic heterocycles. The van der Waals surface area contributed by atoms with Crippen LogP contribution in [-0.2, 0) is 11.2 Å². The second kappa shape index (κ2) is 12.3. The first kappa shape index (κ1) is 24.7. The zero-order valence-electron chi connectivity index (χ0n) is 17.7. The van der Waals surface area contributed by atoms with E-state index >= 15 is 0 Å². The first-order valence-corrected chi connectivity index (χ1v) is 9.91. The highest BCUT2D eigenvalue weighted by atomic mass is 127. The summed E-state index contributed by atoms with van der Waals surface area (Å²) >= 11 is 0. The Labute approximate surface area is 199 Å². The molecule has 7 nitrogen and oxygen atoms in total. The van der Waals surface area contributed by atoms with Crippen LogP contribution >= 0.6 is 24.0 Å². The smallest absolute Gasteiger partial charge is 0.243 e. The van der Waals surface area contributed by atoms with Crippen molar-refractivity contribution in [3.8, 4) is 11.5 Å². The molecule has 31 heavy (non-hydrogen) atoms. The fourth-order valence-corrected chi connectivity index (χ4v) is 2.82. The van der Waals surface area contributed by atoms with Gasteiger partial charge < -0.3 is 25.0 Å². The van der Waals surface area contributed by atoms with Gasteiger partial charge in [0.1, 0.15) is 12.4 Å². The molecule has 0 saturated heterocycles. The molecule has 0 fully saturated rings. The molecule has 0 unspecified atom stereocenters. The van der Waals surface area contributed by atoms with Gasteiger partial charge in [-0.25, -0.2) is 9.38 Å². The number of ether oxygens (including phenoxy) is 2. The van der Waals surface area contributed by atoms with Gasteiger partial charge in [0, 0.05) is 38.8 Å². The molecule has 1 heterocycles. The third kappa shape index (κ3) is 7.57. The number of guanidine groups is 1. The van der Waals surface area contributed by atoms with Crippen LogP contribution in [0.2, 0.25) is 0 Å². The number of nitrogens with zero attached hydrogens (tertiary/aromatic N) is 2. The van der Waals surface area contributed by atoms with Gasteiger partial charge in [-0.05, 0) is 30.2 Å². The van der Waals surface area contributed by atoms with Crippen LogP contribution in [0.3, 0.4) is 0 Å². The van der Waals surface area contributed by atoms with E-state index in [1.165, 1.54) is 11.0 Å². The summed E-state index contributed by atoms with van der Waals surface area (Å²) in [6.45, 7) is 1.66. The molecule has 0 bridgehead atoms. The molecule has 2 aromatic carbocycles. The van der Waals surface area contributed by atoms with Crippen molar-refractivity contribution in [2.75, 3.05) is 45.7 Å². The van der Waals surface area contributed by atoms with Gasteiger partial charge in [0.05, 0.1) is 13.2 Å². The Bertz CT molecular complexity index is 908. The number of aliphatic imine (C=N–C) groups is 1. The summed E-state index contributed by atoms with van der Waals surface area (Å²) in [5, 5.41) is 6.34. The molecule has 2 N–H and O–H groups in total. The van der Waals surface area contributed by atoms with Crippen molar-refractivity contribution >= 4 is 41.5 Å². The topological polar surface area (TPSA) is 75.2 Å². The molecule has 2 aromatic rings. The minimum absolute atomic E-state index is 0. The predicted molar refractivity (Wildman–Crippen MR) is 130 cm³/mol. The van der Waals surface area contributed by atoms with Gasteiger partial charge >= 0.3 is 0 Å². The Morgan fingerprint density at radius 2 is 1.87 bits per heavy atom. The van der Waals surface area contributed by atoms with E-state index in [9.17, 15) is 9.18 Å². The number of benzene rings is 2. The molecule has 0 radical (unpaired) electrons. The van der Waals surface area contributed by atoms with Gasteiger partial charge in [0.25, 0.3) is 0 Å². The van der Waals surface area contributed by atoms with E-state index in [-0.39, 0.29) is 42.2 Å². The SMILES string of the molecule is CN(C)C(=O)CN=C(NCCc1ccccc1F)Nc1ccc2c(c1)OCCCO2.I. The molecular weight excluding hydrogens is 514 g/mol. The van der Waals surface area contributed by atoms with E-state index in [4.69, 9.17) is 9.47 Å². The number of fused-ring (bicyclic) bond motifs is 1. The van der Waals surface area contributed by atoms with Crippen LogP contribution in [0.25, 0.3) is 0 Å². The molecule has 168 valence electrons. The molecular formula is C22H28FIN4O3. The van der Waals surface area contributed by atoms with Crippen molar-refractivity contribution in [1.82, 2.24) is 10.2 Å². The van der Waals surface area contributed by atoms with Crippen molar-refractivity contribution in [3.63, 3.8) is 0 Å². The number of hydrogen-bond acceptors (Lipinski definition) is 4. The number of amides is 1. The first-order chi connectivity index (χ1) is 14.5. The summed E-state index contributed by atoms with van der Waals surface area (Å²) in [6.07, 6.45) is 1.31. The minimum Gasteiger partial charge on any atom is -0.490 e. The lowest BCUT2D eigenvalue weighted by Crippen LogP contribution is -2.34. The summed E-state index contributed by atoms with van der Waals surface area (Å²) in [5.41, 5.74) is 1.36. The van der Waals surface area contributed by atoms with Crippen LogP contribution in [0.5, 0.6) is 11.5 Å². The Morgan fingerprint density at radius 3 is 2.61 bits per heavy atom. The molecule has 9 heteroatoms. The van der Waals surface area contributed by atoms with Crippen LogP contribution in [0.4, 0.5) is 10.1 Å². The summed E-state index contributed by atoms with van der Waals surface area (Å²) < 4.78 is 25.2. The number of anilines is 1. The minimum atomic E-state index is -0.239. The average molecular weight is 542 g/mol. The molecule has 1 amide bonds. The van der Waals surface area contributed by atoms with Crippen LogP contribution in [-0.4, -0.2) is 57.2 Å². The highest BCUT2D eigenvalue weighted by Gasteiger charge is 2.12. The van der Waals surface area contributed by atoms with Crippen LogP contribution in [0, 0.1) is 5.82 Å². The summed E-state index contributed by atoms with van der Waals surface area (Å²) in [4.78, 5) is 17.8. The normalized spacial score (nSPS) is 12.9. The quantitative estimate of drug-likeness (QED) is 0.333. The largest absolute Gasteiger partial charge is 0.490 e. The molecule has 3 rings (SSSR count). The summed E-state index contributed by atoms with van der Waals surface area (Å²) in [6, 6.07) is 12.2. The van der Waals surface area contributed by atoms with Crippen LogP contribution in [0.1, 0.15) is 12.0 Å². The fourth-order valence-electron chi connectivity index (χ4n) is 2.82. The van der Waals surface area contributed by atoms with Crippen LogP contribution < -0.4 is 20.1 Å². The van der Waals surface area contributed by atoms with Gasteiger partial charge in [0.15, 0.2) is 17.5 Å². The Morgan fingerprint density at radius 1 is 1.13 bits per heavy atom. The number of carbonyl (C=O) groups is 1. The average Bonchev–Trinajstić information content (AvgIpc) is 2.98.